The summed E-state index contributed by atoms with van der Waals surface area (Å²) in [6.45, 7) is 0.884. The summed E-state index contributed by atoms with van der Waals surface area (Å²) in [4.78, 5) is 36.9. The second-order valence-electron chi connectivity index (χ2n) is 5.61. The lowest BCUT2D eigenvalue weighted by molar-refractivity contribution is -0.139. The normalized spacial score (nSPS) is 25.0. The molecule has 2 aliphatic rings. The Bertz CT molecular complexity index is 393. The van der Waals surface area contributed by atoms with Gasteiger partial charge in [-0.1, -0.05) is 12.8 Å². The fraction of sp³-hybridized carbons (Fsp3) is 0.769. The first-order valence-corrected chi connectivity index (χ1v) is 6.83. The molecule has 1 saturated heterocycles. The van der Waals surface area contributed by atoms with E-state index < -0.39 is 17.7 Å². The number of nitrogens with one attached hydrogen (secondary N) is 1. The zero-order chi connectivity index (χ0) is 14.0. The first-order chi connectivity index (χ1) is 8.99. The van der Waals surface area contributed by atoms with Gasteiger partial charge in [0.1, 0.15) is 0 Å². The van der Waals surface area contributed by atoms with Gasteiger partial charge in [-0.3, -0.25) is 19.3 Å². The van der Waals surface area contributed by atoms with Gasteiger partial charge in [-0.25, -0.2) is 0 Å². The molecule has 106 valence electrons. The van der Waals surface area contributed by atoms with E-state index in [2.05, 4.69) is 5.32 Å². The maximum absolute atomic E-state index is 12.1. The zero-order valence-electron chi connectivity index (χ0n) is 11.2. The van der Waals surface area contributed by atoms with Crippen LogP contribution < -0.4 is 11.1 Å². The predicted molar refractivity (Wildman–Crippen MR) is 69.1 cm³/mol. The molecule has 0 aromatic heterocycles. The molecule has 0 aromatic carbocycles. The highest BCUT2D eigenvalue weighted by molar-refractivity contribution is 6.37. The number of likely N-dealkylation sites (tertiary alicyclic amines) is 1. The highest BCUT2D eigenvalue weighted by Crippen LogP contribution is 2.33. The summed E-state index contributed by atoms with van der Waals surface area (Å²) in [6, 6.07) is -0.936. The highest BCUT2D eigenvalue weighted by Gasteiger charge is 2.35. The first-order valence-electron chi connectivity index (χ1n) is 6.83. The highest BCUT2D eigenvalue weighted by atomic mass is 16.2. The van der Waals surface area contributed by atoms with E-state index in [9.17, 15) is 14.4 Å². The maximum atomic E-state index is 12.1. The SMILES string of the molecule is CN1CCC[C@H]1C(=O)NC(CC1CC1)C(=O)C(N)=O. The van der Waals surface area contributed by atoms with Gasteiger partial charge in [-0.05, 0) is 38.8 Å². The lowest BCUT2D eigenvalue weighted by atomic mass is 10.0. The monoisotopic (exact) mass is 267 g/mol. The number of amides is 2. The lowest BCUT2D eigenvalue weighted by Gasteiger charge is -2.22. The molecule has 1 aliphatic carbocycles. The van der Waals surface area contributed by atoms with Crippen molar-refractivity contribution in [3.05, 3.63) is 0 Å². The number of carbonyl (C=O) groups is 3. The molecule has 1 unspecified atom stereocenters. The number of hydrogen-bond donors (Lipinski definition) is 2. The Kier molecular flexibility index (Phi) is 4.19. The minimum atomic E-state index is -0.967. The molecule has 1 saturated carbocycles. The molecule has 3 N–H and O–H groups in total. The molecule has 2 fully saturated rings. The van der Waals surface area contributed by atoms with Crippen LogP contribution >= 0.6 is 0 Å². The van der Waals surface area contributed by atoms with Crippen LogP contribution in [-0.4, -0.2) is 48.2 Å². The van der Waals surface area contributed by atoms with Crippen LogP contribution in [0.2, 0.25) is 0 Å². The summed E-state index contributed by atoms with van der Waals surface area (Å²) in [6.07, 6.45) is 4.42. The topological polar surface area (TPSA) is 92.5 Å². The van der Waals surface area contributed by atoms with Crippen LogP contribution in [0.4, 0.5) is 0 Å². The summed E-state index contributed by atoms with van der Waals surface area (Å²) < 4.78 is 0. The van der Waals surface area contributed by atoms with E-state index in [4.69, 9.17) is 5.73 Å². The molecule has 2 rings (SSSR count). The van der Waals surface area contributed by atoms with E-state index in [1.54, 1.807) is 0 Å². The average Bonchev–Trinajstić information content (AvgIpc) is 3.07. The third kappa shape index (κ3) is 3.53. The predicted octanol–water partition coefficient (Wildman–Crippen LogP) is -0.580. The van der Waals surface area contributed by atoms with Crippen LogP contribution in [0.1, 0.15) is 32.1 Å². The van der Waals surface area contributed by atoms with Gasteiger partial charge in [0.2, 0.25) is 11.7 Å². The minimum absolute atomic E-state index is 0.166. The van der Waals surface area contributed by atoms with Crippen molar-refractivity contribution in [2.75, 3.05) is 13.6 Å². The van der Waals surface area contributed by atoms with Gasteiger partial charge in [0, 0.05) is 0 Å². The van der Waals surface area contributed by atoms with Gasteiger partial charge < -0.3 is 11.1 Å². The number of nitrogens with zero attached hydrogens (tertiary/aromatic N) is 1. The quantitative estimate of drug-likeness (QED) is 0.630. The second kappa shape index (κ2) is 5.69. The molecule has 19 heavy (non-hydrogen) atoms. The second-order valence-corrected chi connectivity index (χ2v) is 5.61. The molecule has 0 spiro atoms. The molecule has 0 aromatic rings. The Morgan fingerprint density at radius 2 is 2.00 bits per heavy atom. The van der Waals surface area contributed by atoms with Crippen molar-refractivity contribution in [1.82, 2.24) is 10.2 Å². The minimum Gasteiger partial charge on any atom is -0.363 e. The van der Waals surface area contributed by atoms with Crippen molar-refractivity contribution in [1.29, 1.82) is 0 Å². The van der Waals surface area contributed by atoms with E-state index >= 15 is 0 Å². The van der Waals surface area contributed by atoms with E-state index in [1.807, 2.05) is 11.9 Å². The van der Waals surface area contributed by atoms with Crippen molar-refractivity contribution in [3.8, 4) is 0 Å². The Hall–Kier alpha value is -1.43. The Morgan fingerprint density at radius 3 is 2.47 bits per heavy atom. The molecule has 2 amide bonds. The van der Waals surface area contributed by atoms with Gasteiger partial charge in [0.15, 0.2) is 0 Å². The standard InChI is InChI=1S/C13H21N3O3/c1-16-6-2-3-10(16)13(19)15-9(7-8-4-5-8)11(17)12(14)18/h8-10H,2-7H2,1H3,(H2,14,18)(H,15,19)/t9?,10-/m0/s1. The summed E-state index contributed by atoms with van der Waals surface area (Å²) in [5.74, 6) is -1.37. The Balaban J connectivity index is 1.96. The van der Waals surface area contributed by atoms with Crippen LogP contribution in [0.15, 0.2) is 0 Å². The number of Topliss-reactive ketones (excluding diaryl/α,β-unsaturated/α-hetero) is 1. The van der Waals surface area contributed by atoms with Gasteiger partial charge in [0.05, 0.1) is 12.1 Å². The van der Waals surface area contributed by atoms with E-state index in [0.29, 0.717) is 12.3 Å². The zero-order valence-corrected chi connectivity index (χ0v) is 11.2. The molecule has 2 atom stereocenters. The number of nitrogens with two attached hydrogens (primary N) is 1. The molecular weight excluding hydrogens is 246 g/mol. The Labute approximate surface area is 112 Å². The molecule has 0 radical (unpaired) electrons. The maximum Gasteiger partial charge on any atom is 0.287 e. The molecule has 1 heterocycles. The number of likely N-dealkylation sites (N-methyl/N-ethyl adjacent to an activating group) is 1. The fourth-order valence-corrected chi connectivity index (χ4v) is 2.60. The molecule has 6 nitrogen and oxygen atoms in total. The molecule has 6 heteroatoms. The average molecular weight is 267 g/mol. The number of ketones is 1. The number of hydrogen-bond acceptors (Lipinski definition) is 4. The van der Waals surface area contributed by atoms with Crippen LogP contribution in [0.25, 0.3) is 0 Å². The van der Waals surface area contributed by atoms with Crippen molar-refractivity contribution in [2.45, 2.75) is 44.2 Å². The molecule has 0 bridgehead atoms. The Morgan fingerprint density at radius 1 is 1.32 bits per heavy atom. The van der Waals surface area contributed by atoms with Crippen molar-refractivity contribution in [3.63, 3.8) is 0 Å². The van der Waals surface area contributed by atoms with Gasteiger partial charge in [-0.15, -0.1) is 0 Å². The summed E-state index contributed by atoms with van der Waals surface area (Å²) in [5, 5.41) is 2.71. The first kappa shape index (κ1) is 14.0. The third-order valence-electron chi connectivity index (χ3n) is 3.96. The van der Waals surface area contributed by atoms with Crippen molar-refractivity contribution < 1.29 is 14.4 Å². The molecular formula is C13H21N3O3. The van der Waals surface area contributed by atoms with Gasteiger partial charge >= 0.3 is 0 Å². The van der Waals surface area contributed by atoms with E-state index in [0.717, 1.165) is 32.2 Å². The van der Waals surface area contributed by atoms with Crippen LogP contribution in [0, 0.1) is 5.92 Å². The summed E-state index contributed by atoms with van der Waals surface area (Å²) in [5.41, 5.74) is 5.04. The van der Waals surface area contributed by atoms with E-state index in [-0.39, 0.29) is 11.9 Å². The van der Waals surface area contributed by atoms with E-state index in [1.165, 1.54) is 0 Å². The lowest BCUT2D eigenvalue weighted by Crippen LogP contribution is -2.51. The van der Waals surface area contributed by atoms with Crippen LogP contribution in [0.5, 0.6) is 0 Å². The summed E-state index contributed by atoms with van der Waals surface area (Å²) in [7, 11) is 1.89. The smallest absolute Gasteiger partial charge is 0.287 e. The van der Waals surface area contributed by atoms with Crippen LogP contribution in [0.3, 0.4) is 0 Å². The molecule has 1 aliphatic heterocycles. The number of primary amides is 1. The van der Waals surface area contributed by atoms with Gasteiger partial charge in [0.25, 0.3) is 5.91 Å². The largest absolute Gasteiger partial charge is 0.363 e. The fourth-order valence-electron chi connectivity index (χ4n) is 2.60. The number of carbonyl (C=O) groups excluding carboxylic acids is 3. The van der Waals surface area contributed by atoms with Crippen molar-refractivity contribution in [2.24, 2.45) is 11.7 Å². The summed E-state index contributed by atoms with van der Waals surface area (Å²) >= 11 is 0. The van der Waals surface area contributed by atoms with Crippen LogP contribution in [-0.2, 0) is 14.4 Å². The van der Waals surface area contributed by atoms with Gasteiger partial charge in [-0.2, -0.15) is 0 Å². The third-order valence-corrected chi connectivity index (χ3v) is 3.96. The van der Waals surface area contributed by atoms with Crippen molar-refractivity contribution >= 4 is 17.6 Å². The number of rotatable bonds is 6.